The summed E-state index contributed by atoms with van der Waals surface area (Å²) in [6.07, 6.45) is 0.397. The van der Waals surface area contributed by atoms with Crippen molar-refractivity contribution in [1.82, 2.24) is 0 Å². The molecule has 0 aliphatic carbocycles. The number of aryl methyl sites for hydroxylation is 1. The number of hydrogen-bond donors (Lipinski definition) is 1. The van der Waals surface area contributed by atoms with Crippen LogP contribution in [0.3, 0.4) is 0 Å². The molecule has 2 nitrogen and oxygen atoms in total. The third-order valence-electron chi connectivity index (χ3n) is 2.66. The Morgan fingerprint density at radius 3 is 2.59 bits per heavy atom. The third kappa shape index (κ3) is 2.94. The molecule has 0 radical (unpaired) electrons. The van der Waals surface area contributed by atoms with Gasteiger partial charge in [0.15, 0.2) is 5.78 Å². The van der Waals surface area contributed by atoms with Crippen LogP contribution in [0.2, 0.25) is 0 Å². The van der Waals surface area contributed by atoms with Gasteiger partial charge in [0.05, 0.1) is 0 Å². The average Bonchev–Trinajstić information content (AvgIpc) is 2.29. The van der Waals surface area contributed by atoms with Crippen LogP contribution in [-0.2, 0) is 6.42 Å². The molecule has 0 aromatic heterocycles. The second-order valence-electron chi connectivity index (χ2n) is 4.21. The van der Waals surface area contributed by atoms with Gasteiger partial charge < -0.3 is 5.73 Å². The van der Waals surface area contributed by atoms with E-state index < -0.39 is 0 Å². The molecule has 17 heavy (non-hydrogen) atoms. The first-order chi connectivity index (χ1) is 8.15. The minimum absolute atomic E-state index is 0.124. The van der Waals surface area contributed by atoms with Crippen molar-refractivity contribution >= 4 is 11.5 Å². The van der Waals surface area contributed by atoms with E-state index in [4.69, 9.17) is 5.73 Å². The number of benzene rings is 2. The van der Waals surface area contributed by atoms with Crippen LogP contribution in [0, 0.1) is 6.92 Å². The van der Waals surface area contributed by atoms with Crippen molar-refractivity contribution in [3.63, 3.8) is 0 Å². The zero-order valence-corrected chi connectivity index (χ0v) is 9.81. The number of ketones is 1. The van der Waals surface area contributed by atoms with Gasteiger partial charge in [-0.05, 0) is 30.7 Å². The Labute approximate surface area is 101 Å². The maximum absolute atomic E-state index is 12.0. The maximum Gasteiger partial charge on any atom is 0.167 e. The van der Waals surface area contributed by atoms with E-state index in [1.54, 1.807) is 0 Å². The fourth-order valence-electron chi connectivity index (χ4n) is 1.81. The number of carbonyl (C=O) groups excluding carboxylic acids is 1. The summed E-state index contributed by atoms with van der Waals surface area (Å²) in [4.78, 5) is 12.0. The van der Waals surface area contributed by atoms with Gasteiger partial charge in [-0.1, -0.05) is 35.9 Å². The van der Waals surface area contributed by atoms with E-state index in [1.807, 2.05) is 55.5 Å². The third-order valence-corrected chi connectivity index (χ3v) is 2.66. The number of rotatable bonds is 3. The summed E-state index contributed by atoms with van der Waals surface area (Å²) in [6, 6.07) is 15.1. The van der Waals surface area contributed by atoms with Crippen molar-refractivity contribution in [3.05, 3.63) is 65.2 Å². The van der Waals surface area contributed by atoms with Crippen LogP contribution in [-0.4, -0.2) is 5.78 Å². The Morgan fingerprint density at radius 2 is 1.88 bits per heavy atom. The zero-order valence-electron chi connectivity index (χ0n) is 9.81. The van der Waals surface area contributed by atoms with Crippen LogP contribution in [0.4, 0.5) is 5.69 Å². The van der Waals surface area contributed by atoms with Gasteiger partial charge in [0.2, 0.25) is 0 Å². The van der Waals surface area contributed by atoms with Gasteiger partial charge in [0, 0.05) is 17.7 Å². The normalized spacial score (nSPS) is 10.2. The van der Waals surface area contributed by atoms with Crippen molar-refractivity contribution in [3.8, 4) is 0 Å². The molecule has 0 spiro atoms. The molecule has 0 bridgehead atoms. The molecule has 2 aromatic rings. The molecule has 0 fully saturated rings. The van der Waals surface area contributed by atoms with Crippen molar-refractivity contribution in [1.29, 1.82) is 0 Å². The number of anilines is 1. The van der Waals surface area contributed by atoms with Gasteiger partial charge in [-0.2, -0.15) is 0 Å². The van der Waals surface area contributed by atoms with Crippen molar-refractivity contribution < 1.29 is 4.79 Å². The summed E-state index contributed by atoms with van der Waals surface area (Å²) in [5, 5.41) is 0. The molecule has 0 saturated carbocycles. The topological polar surface area (TPSA) is 43.1 Å². The lowest BCUT2D eigenvalue weighted by molar-refractivity contribution is 0.0993. The van der Waals surface area contributed by atoms with Crippen LogP contribution in [0.25, 0.3) is 0 Å². The number of carbonyl (C=O) groups is 1. The maximum atomic E-state index is 12.0. The summed E-state index contributed by atoms with van der Waals surface area (Å²) in [5.74, 6) is 0.124. The second-order valence-corrected chi connectivity index (χ2v) is 4.21. The zero-order chi connectivity index (χ0) is 12.3. The molecule has 0 saturated heterocycles. The highest BCUT2D eigenvalue weighted by Crippen LogP contribution is 2.12. The lowest BCUT2D eigenvalue weighted by atomic mass is 10.0. The highest BCUT2D eigenvalue weighted by atomic mass is 16.1. The molecule has 0 atom stereocenters. The number of Topliss-reactive ketones (excluding diaryl/α,β-unsaturated/α-hetero) is 1. The van der Waals surface area contributed by atoms with Crippen LogP contribution in [0.5, 0.6) is 0 Å². The Balaban J connectivity index is 2.17. The van der Waals surface area contributed by atoms with E-state index in [-0.39, 0.29) is 5.78 Å². The summed E-state index contributed by atoms with van der Waals surface area (Å²) in [7, 11) is 0. The van der Waals surface area contributed by atoms with E-state index in [2.05, 4.69) is 0 Å². The van der Waals surface area contributed by atoms with E-state index >= 15 is 0 Å². The van der Waals surface area contributed by atoms with Crippen LogP contribution in [0.15, 0.2) is 48.5 Å². The average molecular weight is 225 g/mol. The quantitative estimate of drug-likeness (QED) is 0.644. The number of hydrogen-bond acceptors (Lipinski definition) is 2. The fraction of sp³-hybridized carbons (Fsp3) is 0.133. The standard InChI is InChI=1S/C15H15NO/c1-11-4-2-6-13(8-11)15(17)10-12-5-3-7-14(16)9-12/h2-9H,10,16H2,1H3. The minimum atomic E-state index is 0.124. The molecule has 0 aliphatic heterocycles. The fourth-order valence-corrected chi connectivity index (χ4v) is 1.81. The van der Waals surface area contributed by atoms with E-state index in [9.17, 15) is 4.79 Å². The van der Waals surface area contributed by atoms with Gasteiger partial charge in [-0.25, -0.2) is 0 Å². The Hall–Kier alpha value is -2.09. The predicted octanol–water partition coefficient (Wildman–Crippen LogP) is 3.00. The monoisotopic (exact) mass is 225 g/mol. The van der Waals surface area contributed by atoms with Gasteiger partial charge in [-0.15, -0.1) is 0 Å². The lowest BCUT2D eigenvalue weighted by Gasteiger charge is -2.03. The van der Waals surface area contributed by atoms with E-state index in [1.165, 1.54) is 0 Å². The highest BCUT2D eigenvalue weighted by Gasteiger charge is 2.07. The molecular weight excluding hydrogens is 210 g/mol. The van der Waals surface area contributed by atoms with Crippen molar-refractivity contribution in [2.75, 3.05) is 5.73 Å². The SMILES string of the molecule is Cc1cccc(C(=O)Cc2cccc(N)c2)c1. The number of nitrogen functional groups attached to an aromatic ring is 1. The first-order valence-electron chi connectivity index (χ1n) is 5.59. The van der Waals surface area contributed by atoms with Gasteiger partial charge >= 0.3 is 0 Å². The molecule has 86 valence electrons. The van der Waals surface area contributed by atoms with Crippen molar-refractivity contribution in [2.24, 2.45) is 0 Å². The van der Waals surface area contributed by atoms with E-state index in [0.29, 0.717) is 12.1 Å². The predicted molar refractivity (Wildman–Crippen MR) is 70.1 cm³/mol. The Bertz CT molecular complexity index is 546. The molecule has 0 unspecified atom stereocenters. The molecule has 0 amide bonds. The molecule has 2 heteroatoms. The Morgan fingerprint density at radius 1 is 1.12 bits per heavy atom. The minimum Gasteiger partial charge on any atom is -0.399 e. The van der Waals surface area contributed by atoms with Gasteiger partial charge in [0.25, 0.3) is 0 Å². The molecule has 0 aliphatic rings. The molecular formula is C15H15NO. The van der Waals surface area contributed by atoms with E-state index in [0.717, 1.165) is 16.7 Å². The van der Waals surface area contributed by atoms with Crippen molar-refractivity contribution in [2.45, 2.75) is 13.3 Å². The highest BCUT2D eigenvalue weighted by molar-refractivity contribution is 5.97. The largest absolute Gasteiger partial charge is 0.399 e. The van der Waals surface area contributed by atoms with Gasteiger partial charge in [-0.3, -0.25) is 4.79 Å². The first kappa shape index (κ1) is 11.4. The number of nitrogens with two attached hydrogens (primary N) is 1. The smallest absolute Gasteiger partial charge is 0.167 e. The molecule has 0 heterocycles. The molecule has 2 aromatic carbocycles. The molecule has 2 rings (SSSR count). The summed E-state index contributed by atoms with van der Waals surface area (Å²) in [6.45, 7) is 1.98. The summed E-state index contributed by atoms with van der Waals surface area (Å²) >= 11 is 0. The Kier molecular flexibility index (Phi) is 3.24. The first-order valence-corrected chi connectivity index (χ1v) is 5.59. The lowest BCUT2D eigenvalue weighted by Crippen LogP contribution is -2.04. The van der Waals surface area contributed by atoms with Crippen LogP contribution in [0.1, 0.15) is 21.5 Å². The van der Waals surface area contributed by atoms with Crippen LogP contribution < -0.4 is 5.73 Å². The molecule has 2 N–H and O–H groups in total. The van der Waals surface area contributed by atoms with Gasteiger partial charge in [0.1, 0.15) is 0 Å². The summed E-state index contributed by atoms with van der Waals surface area (Å²) in [5.41, 5.74) is 9.19. The van der Waals surface area contributed by atoms with Crippen LogP contribution >= 0.6 is 0 Å². The summed E-state index contributed by atoms with van der Waals surface area (Å²) < 4.78 is 0. The second kappa shape index (κ2) is 4.83.